The van der Waals surface area contributed by atoms with Crippen LogP contribution in [-0.4, -0.2) is 11.1 Å². The molecule has 1 aromatic rings. The lowest BCUT2D eigenvalue weighted by molar-refractivity contribution is -0.137. The van der Waals surface area contributed by atoms with Crippen LogP contribution in [0, 0.1) is 0 Å². The summed E-state index contributed by atoms with van der Waals surface area (Å²) < 4.78 is 0. The van der Waals surface area contributed by atoms with Crippen LogP contribution in [0.5, 0.6) is 0 Å². The normalized spacial score (nSPS) is 12.7. The van der Waals surface area contributed by atoms with Crippen molar-refractivity contribution >= 4 is 17.3 Å². The highest BCUT2D eigenvalue weighted by atomic mass is 32.1. The number of hydrogen-bond acceptors (Lipinski definition) is 3. The summed E-state index contributed by atoms with van der Waals surface area (Å²) in [5.41, 5.74) is 5.86. The lowest BCUT2D eigenvalue weighted by atomic mass is 10.1. The molecule has 78 valence electrons. The Morgan fingerprint density at radius 3 is 2.86 bits per heavy atom. The van der Waals surface area contributed by atoms with Crippen LogP contribution in [0.4, 0.5) is 0 Å². The maximum Gasteiger partial charge on any atom is 0.303 e. The molecule has 0 saturated heterocycles. The number of rotatable bonds is 5. The molecule has 0 amide bonds. The molecule has 0 aliphatic carbocycles. The van der Waals surface area contributed by atoms with Gasteiger partial charge in [0.1, 0.15) is 0 Å². The summed E-state index contributed by atoms with van der Waals surface area (Å²) in [6.07, 6.45) is 1.66. The van der Waals surface area contributed by atoms with Gasteiger partial charge in [-0.3, -0.25) is 4.79 Å². The van der Waals surface area contributed by atoms with Gasteiger partial charge in [-0.1, -0.05) is 6.92 Å². The fourth-order valence-electron chi connectivity index (χ4n) is 1.21. The van der Waals surface area contributed by atoms with Crippen LogP contribution in [0.1, 0.15) is 35.6 Å². The van der Waals surface area contributed by atoms with Crippen molar-refractivity contribution in [1.29, 1.82) is 0 Å². The highest BCUT2D eigenvalue weighted by molar-refractivity contribution is 7.12. The van der Waals surface area contributed by atoms with Crippen molar-refractivity contribution in [2.45, 2.75) is 32.2 Å². The van der Waals surface area contributed by atoms with E-state index in [9.17, 15) is 4.79 Å². The predicted molar refractivity (Wildman–Crippen MR) is 57.5 cm³/mol. The van der Waals surface area contributed by atoms with E-state index in [1.807, 2.05) is 6.07 Å². The Morgan fingerprint density at radius 2 is 2.36 bits per heavy atom. The van der Waals surface area contributed by atoms with Crippen LogP contribution in [0.3, 0.4) is 0 Å². The largest absolute Gasteiger partial charge is 0.481 e. The average Bonchev–Trinajstić information content (AvgIpc) is 2.62. The van der Waals surface area contributed by atoms with E-state index in [2.05, 4.69) is 13.0 Å². The zero-order chi connectivity index (χ0) is 10.6. The SMILES string of the molecule is CCc1ccc(C(N)CCC(=O)O)s1. The molecule has 0 spiro atoms. The molecule has 1 heterocycles. The highest BCUT2D eigenvalue weighted by Crippen LogP contribution is 2.24. The van der Waals surface area contributed by atoms with Gasteiger partial charge in [-0.2, -0.15) is 0 Å². The summed E-state index contributed by atoms with van der Waals surface area (Å²) in [7, 11) is 0. The van der Waals surface area contributed by atoms with E-state index in [4.69, 9.17) is 10.8 Å². The van der Waals surface area contributed by atoms with Gasteiger partial charge in [0, 0.05) is 22.2 Å². The fraction of sp³-hybridized carbons (Fsp3) is 0.500. The Kier molecular flexibility index (Phi) is 4.10. The monoisotopic (exact) mass is 213 g/mol. The number of aryl methyl sites for hydroxylation is 1. The Labute approximate surface area is 87.6 Å². The van der Waals surface area contributed by atoms with E-state index in [-0.39, 0.29) is 12.5 Å². The summed E-state index contributed by atoms with van der Waals surface area (Å²) in [6, 6.07) is 3.92. The van der Waals surface area contributed by atoms with Gasteiger partial charge in [0.25, 0.3) is 0 Å². The van der Waals surface area contributed by atoms with E-state index in [0.717, 1.165) is 11.3 Å². The maximum absolute atomic E-state index is 10.3. The molecule has 0 aromatic carbocycles. The van der Waals surface area contributed by atoms with Gasteiger partial charge in [0.05, 0.1) is 0 Å². The van der Waals surface area contributed by atoms with Gasteiger partial charge in [-0.15, -0.1) is 11.3 Å². The molecule has 0 fully saturated rings. The van der Waals surface area contributed by atoms with Crippen molar-refractivity contribution in [2.75, 3.05) is 0 Å². The molecule has 0 bridgehead atoms. The topological polar surface area (TPSA) is 63.3 Å². The second-order valence-electron chi connectivity index (χ2n) is 3.20. The minimum absolute atomic E-state index is 0.128. The fourth-order valence-corrected chi connectivity index (χ4v) is 2.19. The predicted octanol–water partition coefficient (Wildman–Crippen LogP) is 2.18. The van der Waals surface area contributed by atoms with Crippen molar-refractivity contribution < 1.29 is 9.90 Å². The Balaban J connectivity index is 2.51. The number of nitrogens with two attached hydrogens (primary N) is 1. The van der Waals surface area contributed by atoms with Crippen molar-refractivity contribution in [3.63, 3.8) is 0 Å². The minimum atomic E-state index is -0.785. The zero-order valence-electron chi connectivity index (χ0n) is 8.19. The third-order valence-corrected chi connectivity index (χ3v) is 3.43. The first-order chi connectivity index (χ1) is 6.63. The lowest BCUT2D eigenvalue weighted by Crippen LogP contribution is -2.10. The number of thiophene rings is 1. The van der Waals surface area contributed by atoms with Gasteiger partial charge in [-0.05, 0) is 25.0 Å². The van der Waals surface area contributed by atoms with Gasteiger partial charge in [-0.25, -0.2) is 0 Å². The molecular formula is C10H15NO2S. The van der Waals surface area contributed by atoms with Crippen molar-refractivity contribution in [3.8, 4) is 0 Å². The van der Waals surface area contributed by atoms with Crippen molar-refractivity contribution in [1.82, 2.24) is 0 Å². The van der Waals surface area contributed by atoms with Crippen LogP contribution in [-0.2, 0) is 11.2 Å². The van der Waals surface area contributed by atoms with Crippen LogP contribution in [0.25, 0.3) is 0 Å². The van der Waals surface area contributed by atoms with E-state index < -0.39 is 5.97 Å². The van der Waals surface area contributed by atoms with Gasteiger partial charge < -0.3 is 10.8 Å². The van der Waals surface area contributed by atoms with Crippen molar-refractivity contribution in [3.05, 3.63) is 21.9 Å². The van der Waals surface area contributed by atoms with Crippen LogP contribution in [0.15, 0.2) is 12.1 Å². The van der Waals surface area contributed by atoms with Crippen molar-refractivity contribution in [2.24, 2.45) is 5.73 Å². The smallest absolute Gasteiger partial charge is 0.303 e. The number of carbonyl (C=O) groups is 1. The molecule has 0 saturated carbocycles. The molecule has 0 radical (unpaired) electrons. The van der Waals surface area contributed by atoms with Crippen LogP contribution < -0.4 is 5.73 Å². The first kappa shape index (κ1) is 11.2. The summed E-state index contributed by atoms with van der Waals surface area (Å²) >= 11 is 1.67. The molecule has 0 aliphatic rings. The van der Waals surface area contributed by atoms with Gasteiger partial charge >= 0.3 is 5.97 Å². The summed E-state index contributed by atoms with van der Waals surface area (Å²) in [5, 5.41) is 8.51. The maximum atomic E-state index is 10.3. The summed E-state index contributed by atoms with van der Waals surface area (Å²) in [4.78, 5) is 12.7. The quantitative estimate of drug-likeness (QED) is 0.788. The second kappa shape index (κ2) is 5.12. The second-order valence-corrected chi connectivity index (χ2v) is 4.40. The number of carboxylic acid groups (broad SMARTS) is 1. The third-order valence-electron chi connectivity index (χ3n) is 2.07. The van der Waals surface area contributed by atoms with Gasteiger partial charge in [0.2, 0.25) is 0 Å². The lowest BCUT2D eigenvalue weighted by Gasteiger charge is -2.06. The van der Waals surface area contributed by atoms with Crippen LogP contribution >= 0.6 is 11.3 Å². The standard InChI is InChI=1S/C10H15NO2S/c1-2-7-3-5-9(14-7)8(11)4-6-10(12)13/h3,5,8H,2,4,6,11H2,1H3,(H,12,13). The number of carboxylic acids is 1. The molecule has 4 heteroatoms. The zero-order valence-corrected chi connectivity index (χ0v) is 9.01. The molecule has 1 unspecified atom stereocenters. The molecule has 1 aromatic heterocycles. The number of aliphatic carboxylic acids is 1. The molecule has 1 rings (SSSR count). The average molecular weight is 213 g/mol. The van der Waals surface area contributed by atoms with E-state index in [1.165, 1.54) is 4.88 Å². The van der Waals surface area contributed by atoms with E-state index in [1.54, 1.807) is 11.3 Å². The molecule has 0 aliphatic heterocycles. The Morgan fingerprint density at radius 1 is 1.64 bits per heavy atom. The van der Waals surface area contributed by atoms with E-state index in [0.29, 0.717) is 6.42 Å². The van der Waals surface area contributed by atoms with Crippen LogP contribution in [0.2, 0.25) is 0 Å². The molecule has 3 nitrogen and oxygen atoms in total. The first-order valence-corrected chi connectivity index (χ1v) is 5.51. The first-order valence-electron chi connectivity index (χ1n) is 4.69. The summed E-state index contributed by atoms with van der Waals surface area (Å²) in [5.74, 6) is -0.785. The molecule has 3 N–H and O–H groups in total. The third kappa shape index (κ3) is 3.12. The number of hydrogen-bond donors (Lipinski definition) is 2. The van der Waals surface area contributed by atoms with Gasteiger partial charge in [0.15, 0.2) is 0 Å². The van der Waals surface area contributed by atoms with E-state index >= 15 is 0 Å². The Hall–Kier alpha value is -0.870. The molecule has 1 atom stereocenters. The molecule has 14 heavy (non-hydrogen) atoms. The summed E-state index contributed by atoms with van der Waals surface area (Å²) in [6.45, 7) is 2.10. The highest BCUT2D eigenvalue weighted by Gasteiger charge is 2.10. The molecular weight excluding hydrogens is 198 g/mol. The Bertz CT molecular complexity index is 309. The minimum Gasteiger partial charge on any atom is -0.481 e.